The Bertz CT molecular complexity index is 1410. The number of rotatable bonds is 10. The number of hydrogen-bond donors (Lipinski definition) is 4. The molecule has 38 heavy (non-hydrogen) atoms. The minimum Gasteiger partial charge on any atom is -0.358 e. The van der Waals surface area contributed by atoms with E-state index in [0.717, 1.165) is 24.8 Å². The molecule has 0 unspecified atom stereocenters. The highest BCUT2D eigenvalue weighted by atomic mass is 19.1. The molecule has 0 saturated carbocycles. The minimum atomic E-state index is -0.425. The van der Waals surface area contributed by atoms with Crippen LogP contribution in [0.15, 0.2) is 48.8 Å². The predicted molar refractivity (Wildman–Crippen MR) is 146 cm³/mol. The second-order valence-corrected chi connectivity index (χ2v) is 9.09. The van der Waals surface area contributed by atoms with Gasteiger partial charge in [-0.15, -0.1) is 0 Å². The summed E-state index contributed by atoms with van der Waals surface area (Å²) in [6, 6.07) is 7.83. The summed E-state index contributed by atoms with van der Waals surface area (Å²) in [4.78, 5) is 44.4. The third-order valence-corrected chi connectivity index (χ3v) is 6.31. The predicted octanol–water partition coefficient (Wildman–Crippen LogP) is 4.39. The third kappa shape index (κ3) is 6.42. The van der Waals surface area contributed by atoms with Crippen LogP contribution in [0.25, 0.3) is 17.7 Å². The van der Waals surface area contributed by atoms with Crippen molar-refractivity contribution in [2.45, 2.75) is 33.1 Å². The van der Waals surface area contributed by atoms with Gasteiger partial charge in [0.05, 0.1) is 11.1 Å². The van der Waals surface area contributed by atoms with Crippen LogP contribution in [0.5, 0.6) is 0 Å². The fraction of sp³-hybridized carbons (Fsp3) is 0.241. The Morgan fingerprint density at radius 2 is 1.87 bits per heavy atom. The summed E-state index contributed by atoms with van der Waals surface area (Å²) in [5.74, 6) is -1.10. The molecule has 0 saturated heterocycles. The smallest absolute Gasteiger partial charge is 0.256 e. The summed E-state index contributed by atoms with van der Waals surface area (Å²) < 4.78 is 13.7. The summed E-state index contributed by atoms with van der Waals surface area (Å²) in [5, 5.41) is 8.52. The van der Waals surface area contributed by atoms with Gasteiger partial charge in [0.15, 0.2) is 0 Å². The van der Waals surface area contributed by atoms with Gasteiger partial charge >= 0.3 is 0 Å². The molecule has 0 spiro atoms. The molecule has 1 aliphatic rings. The zero-order chi connectivity index (χ0) is 27.1. The maximum absolute atomic E-state index is 13.7. The number of anilines is 1. The molecular weight excluding hydrogens is 485 g/mol. The number of carbonyl (C=O) groups excluding carboxylic acids is 3. The van der Waals surface area contributed by atoms with Crippen molar-refractivity contribution in [3.8, 4) is 0 Å². The van der Waals surface area contributed by atoms with Gasteiger partial charge in [-0.1, -0.05) is 6.07 Å². The van der Waals surface area contributed by atoms with Crippen LogP contribution in [0.1, 0.15) is 57.7 Å². The molecule has 1 aromatic carbocycles. The fourth-order valence-electron chi connectivity index (χ4n) is 4.34. The summed E-state index contributed by atoms with van der Waals surface area (Å²) >= 11 is 0. The van der Waals surface area contributed by atoms with Crippen molar-refractivity contribution in [3.05, 3.63) is 88.3 Å². The van der Waals surface area contributed by atoms with E-state index in [9.17, 15) is 18.8 Å². The molecule has 0 atom stereocenters. The Morgan fingerprint density at radius 3 is 2.63 bits per heavy atom. The van der Waals surface area contributed by atoms with Crippen molar-refractivity contribution in [2.75, 3.05) is 18.4 Å². The number of amides is 3. The Labute approximate surface area is 220 Å². The van der Waals surface area contributed by atoms with Crippen LogP contribution in [0.2, 0.25) is 0 Å². The second-order valence-electron chi connectivity index (χ2n) is 9.09. The highest BCUT2D eigenvalue weighted by Crippen LogP contribution is 2.34. The van der Waals surface area contributed by atoms with Gasteiger partial charge in [-0.05, 0) is 80.7 Å². The maximum Gasteiger partial charge on any atom is 0.256 e. The van der Waals surface area contributed by atoms with Crippen LogP contribution in [0.3, 0.4) is 0 Å². The van der Waals surface area contributed by atoms with Crippen LogP contribution in [0.4, 0.5) is 10.1 Å². The SMILES string of the molecule is Cc1[nH]c(/C=C2\C(=O)Nc3ccc(F)cc32)c(C)c1C(=O)NCCCCCNC(=O)/C=C/c1cccnc1. The van der Waals surface area contributed by atoms with Gasteiger partial charge in [-0.2, -0.15) is 0 Å². The number of fused-ring (bicyclic) bond motifs is 1. The monoisotopic (exact) mass is 515 g/mol. The molecular formula is C29H30FN5O3. The number of hydrogen-bond acceptors (Lipinski definition) is 4. The van der Waals surface area contributed by atoms with Crippen LogP contribution < -0.4 is 16.0 Å². The normalized spacial score (nSPS) is 13.6. The maximum atomic E-state index is 13.7. The highest BCUT2D eigenvalue weighted by molar-refractivity contribution is 6.34. The number of carbonyl (C=O) groups is 3. The molecule has 3 amide bonds. The first-order valence-electron chi connectivity index (χ1n) is 12.5. The second kappa shape index (κ2) is 12.1. The first-order valence-corrected chi connectivity index (χ1v) is 12.5. The highest BCUT2D eigenvalue weighted by Gasteiger charge is 2.26. The average molecular weight is 516 g/mol. The molecule has 1 aliphatic heterocycles. The van der Waals surface area contributed by atoms with Gasteiger partial charge in [0.2, 0.25) is 5.91 Å². The van der Waals surface area contributed by atoms with E-state index in [4.69, 9.17) is 0 Å². The molecule has 4 rings (SSSR count). The van der Waals surface area contributed by atoms with Gasteiger partial charge < -0.3 is 20.9 Å². The van der Waals surface area contributed by atoms with E-state index in [0.29, 0.717) is 52.4 Å². The lowest BCUT2D eigenvalue weighted by Gasteiger charge is -2.07. The Hall–Kier alpha value is -4.53. The van der Waals surface area contributed by atoms with Crippen molar-refractivity contribution in [1.82, 2.24) is 20.6 Å². The molecule has 2 aromatic heterocycles. The number of pyridine rings is 1. The van der Waals surface area contributed by atoms with Gasteiger partial charge in [-0.25, -0.2) is 4.39 Å². The van der Waals surface area contributed by atoms with Crippen LogP contribution in [-0.4, -0.2) is 40.8 Å². The van der Waals surface area contributed by atoms with Crippen molar-refractivity contribution in [2.24, 2.45) is 0 Å². The number of nitrogens with zero attached hydrogens (tertiary/aromatic N) is 1. The number of aromatic amines is 1. The Morgan fingerprint density at radius 1 is 1.08 bits per heavy atom. The number of aryl methyl sites for hydroxylation is 1. The molecule has 3 aromatic rings. The summed E-state index contributed by atoms with van der Waals surface area (Å²) in [7, 11) is 0. The molecule has 0 radical (unpaired) electrons. The van der Waals surface area contributed by atoms with Crippen LogP contribution in [0, 0.1) is 19.7 Å². The number of aromatic nitrogens is 2. The summed E-state index contributed by atoms with van der Waals surface area (Å²) in [6.07, 6.45) is 10.6. The van der Waals surface area contributed by atoms with Crippen molar-refractivity contribution in [1.29, 1.82) is 0 Å². The first-order chi connectivity index (χ1) is 18.3. The number of H-pyrrole nitrogens is 1. The molecule has 8 nitrogen and oxygen atoms in total. The lowest BCUT2D eigenvalue weighted by molar-refractivity contribution is -0.116. The standard InChI is InChI=1S/C29H30FN5O3/c1-18-25(16-23-22-15-21(30)9-10-24(22)35-28(23)37)34-19(2)27(18)29(38)33-14-5-3-4-13-32-26(36)11-8-20-7-6-12-31-17-20/h6-12,15-17,34H,3-5,13-14H2,1-2H3,(H,32,36)(H,33,38)(H,35,37)/b11-8+,23-16-. The Balaban J connectivity index is 1.24. The summed E-state index contributed by atoms with van der Waals surface area (Å²) in [5.41, 5.74) is 4.82. The van der Waals surface area contributed by atoms with Gasteiger partial charge in [0.25, 0.3) is 11.8 Å². The van der Waals surface area contributed by atoms with Crippen molar-refractivity contribution in [3.63, 3.8) is 0 Å². The number of benzene rings is 1. The van der Waals surface area contributed by atoms with Crippen molar-refractivity contribution < 1.29 is 18.8 Å². The molecule has 0 fully saturated rings. The molecule has 196 valence electrons. The van der Waals surface area contributed by atoms with Gasteiger partial charge in [-0.3, -0.25) is 19.4 Å². The van der Waals surface area contributed by atoms with E-state index < -0.39 is 5.82 Å². The van der Waals surface area contributed by atoms with E-state index in [1.807, 2.05) is 19.1 Å². The van der Waals surface area contributed by atoms with E-state index in [2.05, 4.69) is 25.9 Å². The first kappa shape index (κ1) is 26.5. The van der Waals surface area contributed by atoms with Gasteiger partial charge in [0, 0.05) is 54.2 Å². The number of nitrogens with one attached hydrogen (secondary N) is 4. The van der Waals surface area contributed by atoms with E-state index in [1.165, 1.54) is 24.3 Å². The number of unbranched alkanes of at least 4 members (excludes halogenated alkanes) is 2. The van der Waals surface area contributed by atoms with E-state index in [-0.39, 0.29) is 17.7 Å². The van der Waals surface area contributed by atoms with E-state index >= 15 is 0 Å². The molecule has 0 bridgehead atoms. The largest absolute Gasteiger partial charge is 0.358 e. The van der Waals surface area contributed by atoms with Gasteiger partial charge in [0.1, 0.15) is 5.82 Å². The van der Waals surface area contributed by atoms with Crippen LogP contribution >= 0.6 is 0 Å². The average Bonchev–Trinajstić information content (AvgIpc) is 3.36. The lowest BCUT2D eigenvalue weighted by Crippen LogP contribution is -2.26. The van der Waals surface area contributed by atoms with E-state index in [1.54, 1.807) is 31.5 Å². The zero-order valence-electron chi connectivity index (χ0n) is 21.4. The number of halogens is 1. The minimum absolute atomic E-state index is 0.157. The lowest BCUT2D eigenvalue weighted by atomic mass is 10.0. The quantitative estimate of drug-likeness (QED) is 0.237. The molecule has 3 heterocycles. The van der Waals surface area contributed by atoms with Crippen molar-refractivity contribution >= 4 is 41.1 Å². The third-order valence-electron chi connectivity index (χ3n) is 6.31. The molecule has 9 heteroatoms. The topological polar surface area (TPSA) is 116 Å². The molecule has 0 aliphatic carbocycles. The summed E-state index contributed by atoms with van der Waals surface area (Å²) in [6.45, 7) is 4.68. The zero-order valence-corrected chi connectivity index (χ0v) is 21.4. The molecule has 4 N–H and O–H groups in total. The Kier molecular flexibility index (Phi) is 8.47. The van der Waals surface area contributed by atoms with Crippen LogP contribution in [-0.2, 0) is 9.59 Å². The fourth-order valence-corrected chi connectivity index (χ4v) is 4.34.